The van der Waals surface area contributed by atoms with Gasteiger partial charge in [-0.15, -0.1) is 0 Å². The van der Waals surface area contributed by atoms with Gasteiger partial charge in [-0.2, -0.15) is 0 Å². The lowest BCUT2D eigenvalue weighted by molar-refractivity contribution is -0.159. The van der Waals surface area contributed by atoms with Crippen LogP contribution in [0.5, 0.6) is 11.5 Å². The molecule has 1 saturated carbocycles. The van der Waals surface area contributed by atoms with E-state index in [1.807, 2.05) is 55.5 Å². The number of rotatable bonds is 16. The minimum atomic E-state index is -1.04. The molecule has 13 nitrogen and oxygen atoms in total. The van der Waals surface area contributed by atoms with Gasteiger partial charge in [0.15, 0.2) is 0 Å². The largest absolute Gasteiger partial charge is 0.497 e. The third kappa shape index (κ3) is 11.1. The normalized spacial score (nSPS) is 18.6. The molecule has 5 rings (SSSR count). The Hall–Kier alpha value is -5.46. The number of methoxy groups -OCH3 is 2. The first-order chi connectivity index (χ1) is 27.7. The molecule has 3 N–H and O–H groups in total. The lowest BCUT2D eigenvalue weighted by atomic mass is 9.83. The van der Waals surface area contributed by atoms with Crippen molar-refractivity contribution in [1.82, 2.24) is 20.9 Å². The highest BCUT2D eigenvalue weighted by molar-refractivity contribution is 6.03. The number of amides is 3. The Balaban J connectivity index is 1.46. The van der Waals surface area contributed by atoms with E-state index in [1.54, 1.807) is 46.9 Å². The number of benzene rings is 2. The maximum Gasteiger partial charge on any atom is 0.329 e. The number of nitrogens with zero attached hydrogens (tertiary/aromatic N) is 1. The predicted octanol–water partition coefficient (Wildman–Crippen LogP) is 6.36. The molecule has 0 aliphatic heterocycles. The lowest BCUT2D eigenvalue weighted by Gasteiger charge is -2.30. The second-order valence-electron chi connectivity index (χ2n) is 16.0. The van der Waals surface area contributed by atoms with Crippen LogP contribution in [-0.4, -0.2) is 78.7 Å². The average Bonchev–Trinajstić information content (AvgIpc) is 3.65. The molecule has 0 spiro atoms. The van der Waals surface area contributed by atoms with Crippen LogP contribution in [0.3, 0.4) is 0 Å². The highest BCUT2D eigenvalue weighted by Crippen LogP contribution is 2.36. The highest BCUT2D eigenvalue weighted by Gasteiger charge is 2.40. The maximum atomic E-state index is 14.3. The molecule has 3 amide bonds. The molecule has 0 unspecified atom stereocenters. The number of nitrogens with one attached hydrogen (secondary N) is 3. The van der Waals surface area contributed by atoms with Gasteiger partial charge in [0.1, 0.15) is 41.3 Å². The molecule has 3 aromatic rings. The highest BCUT2D eigenvalue weighted by atomic mass is 16.6. The van der Waals surface area contributed by atoms with Crippen LogP contribution in [-0.2, 0) is 33.4 Å². The SMILES string of the molecule is CCC[C@H](NC(=O)[C@@H]1C[C@@H](Oc2cc(-c3ccccc3)nc3cc(OC)ccc23)C=C1C(=O)N[C@@H](CC)C(=O)N[C@H](C(=O)OC)C1CCCCC1)C(=O)OC(C)(C)C. The van der Waals surface area contributed by atoms with Gasteiger partial charge in [0.25, 0.3) is 0 Å². The van der Waals surface area contributed by atoms with Crippen molar-refractivity contribution in [3.05, 3.63) is 66.2 Å². The maximum absolute atomic E-state index is 14.3. The first kappa shape index (κ1) is 43.7. The van der Waals surface area contributed by atoms with E-state index in [0.717, 1.165) is 37.7 Å². The Labute approximate surface area is 341 Å². The summed E-state index contributed by atoms with van der Waals surface area (Å²) in [5, 5.41) is 9.23. The zero-order valence-corrected chi connectivity index (χ0v) is 34.7. The van der Waals surface area contributed by atoms with Crippen molar-refractivity contribution in [3.8, 4) is 22.8 Å². The molecule has 1 aromatic heterocycles. The fourth-order valence-electron chi connectivity index (χ4n) is 7.62. The van der Waals surface area contributed by atoms with Crippen LogP contribution in [0.1, 0.15) is 92.4 Å². The predicted molar refractivity (Wildman–Crippen MR) is 220 cm³/mol. The summed E-state index contributed by atoms with van der Waals surface area (Å²) < 4.78 is 22.8. The Bertz CT molecular complexity index is 1970. The van der Waals surface area contributed by atoms with E-state index in [4.69, 9.17) is 23.9 Å². The Morgan fingerprint density at radius 1 is 0.862 bits per heavy atom. The Kier molecular flexibility index (Phi) is 14.9. The minimum Gasteiger partial charge on any atom is -0.497 e. The van der Waals surface area contributed by atoms with E-state index in [9.17, 15) is 24.0 Å². The quantitative estimate of drug-likeness (QED) is 0.139. The number of aromatic nitrogens is 1. The Morgan fingerprint density at radius 3 is 2.22 bits per heavy atom. The number of pyridine rings is 1. The summed E-state index contributed by atoms with van der Waals surface area (Å²) in [5.41, 5.74) is 1.46. The lowest BCUT2D eigenvalue weighted by Crippen LogP contribution is -2.54. The number of carbonyl (C=O) groups excluding carboxylic acids is 5. The van der Waals surface area contributed by atoms with Crippen molar-refractivity contribution in [3.63, 3.8) is 0 Å². The summed E-state index contributed by atoms with van der Waals surface area (Å²) in [4.78, 5) is 73.1. The summed E-state index contributed by atoms with van der Waals surface area (Å²) in [6.45, 7) is 8.91. The second kappa shape index (κ2) is 19.8. The van der Waals surface area contributed by atoms with Crippen LogP contribution in [0.15, 0.2) is 66.2 Å². The number of hydrogen-bond acceptors (Lipinski definition) is 10. The second-order valence-corrected chi connectivity index (χ2v) is 16.0. The van der Waals surface area contributed by atoms with Gasteiger partial charge in [0, 0.05) is 35.1 Å². The molecular weight excluding hydrogens is 741 g/mol. The molecular formula is C45H58N4O9. The molecule has 2 aliphatic carbocycles. The van der Waals surface area contributed by atoms with E-state index in [-0.39, 0.29) is 24.3 Å². The number of ether oxygens (including phenoxy) is 4. The first-order valence-electron chi connectivity index (χ1n) is 20.4. The van der Waals surface area contributed by atoms with Gasteiger partial charge >= 0.3 is 11.9 Å². The molecule has 312 valence electrons. The van der Waals surface area contributed by atoms with E-state index < -0.39 is 65.4 Å². The number of fused-ring (bicyclic) bond motifs is 1. The summed E-state index contributed by atoms with van der Waals surface area (Å²) in [6.07, 6.45) is 6.57. The van der Waals surface area contributed by atoms with Crippen molar-refractivity contribution in [1.29, 1.82) is 0 Å². The molecule has 5 atom stereocenters. The van der Waals surface area contributed by atoms with Gasteiger partial charge in [0.05, 0.1) is 31.3 Å². The van der Waals surface area contributed by atoms with Crippen LogP contribution in [0.2, 0.25) is 0 Å². The molecule has 1 fully saturated rings. The van der Waals surface area contributed by atoms with Crippen LogP contribution >= 0.6 is 0 Å². The van der Waals surface area contributed by atoms with Crippen molar-refractivity contribution in [2.45, 2.75) is 122 Å². The summed E-state index contributed by atoms with van der Waals surface area (Å²) >= 11 is 0. The fraction of sp³-hybridized carbons (Fsp3) is 0.511. The van der Waals surface area contributed by atoms with E-state index >= 15 is 0 Å². The molecule has 0 bridgehead atoms. The van der Waals surface area contributed by atoms with E-state index in [0.29, 0.717) is 40.9 Å². The summed E-state index contributed by atoms with van der Waals surface area (Å²) in [7, 11) is 2.87. The third-order valence-corrected chi connectivity index (χ3v) is 10.6. The number of carbonyl (C=O) groups is 5. The topological polar surface area (TPSA) is 171 Å². The van der Waals surface area contributed by atoms with Gasteiger partial charge in [-0.3, -0.25) is 14.4 Å². The molecule has 0 radical (unpaired) electrons. The molecule has 2 aliphatic rings. The van der Waals surface area contributed by atoms with Crippen LogP contribution in [0.4, 0.5) is 0 Å². The van der Waals surface area contributed by atoms with Gasteiger partial charge in [-0.05, 0) is 70.6 Å². The van der Waals surface area contributed by atoms with Crippen LogP contribution in [0.25, 0.3) is 22.2 Å². The van der Waals surface area contributed by atoms with Crippen LogP contribution < -0.4 is 25.4 Å². The standard InChI is InChI=1S/C45H58N4O9/c1-8-16-35(43(53)58-45(3,4)5)48-41(51)33-24-30(57-38-26-36(27-17-12-10-13-18-27)46-37-25-29(55-6)21-22-31(37)38)23-32(33)40(50)47-34(9-2)42(52)49-39(44(54)56-7)28-19-14-11-15-20-28/h10,12-13,17-18,21-23,25-26,28,30,33-35,39H,8-9,11,14-16,19-20,24H2,1-7H3,(H,47,50)(H,48,51)(H,49,52)/t30-,33+,34-,35-,39-/m0/s1. The van der Waals surface area contributed by atoms with Crippen molar-refractivity contribution in [2.75, 3.05) is 14.2 Å². The minimum absolute atomic E-state index is 0.0669. The van der Waals surface area contributed by atoms with Gasteiger partial charge < -0.3 is 34.9 Å². The van der Waals surface area contributed by atoms with E-state index in [1.165, 1.54) is 7.11 Å². The van der Waals surface area contributed by atoms with Crippen molar-refractivity contribution >= 4 is 40.6 Å². The van der Waals surface area contributed by atoms with Gasteiger partial charge in [-0.1, -0.05) is 69.9 Å². The summed E-state index contributed by atoms with van der Waals surface area (Å²) in [5.74, 6) is -2.83. The molecule has 13 heteroatoms. The molecule has 2 aromatic carbocycles. The van der Waals surface area contributed by atoms with E-state index in [2.05, 4.69) is 16.0 Å². The summed E-state index contributed by atoms with van der Waals surface area (Å²) in [6, 6.07) is 14.1. The van der Waals surface area contributed by atoms with Gasteiger partial charge in [-0.25, -0.2) is 14.6 Å². The van der Waals surface area contributed by atoms with Crippen LogP contribution in [0, 0.1) is 11.8 Å². The molecule has 58 heavy (non-hydrogen) atoms. The van der Waals surface area contributed by atoms with Crippen molar-refractivity contribution < 1.29 is 42.9 Å². The monoisotopic (exact) mass is 798 g/mol. The van der Waals surface area contributed by atoms with Gasteiger partial charge in [0.2, 0.25) is 17.7 Å². The third-order valence-electron chi connectivity index (χ3n) is 10.6. The molecule has 1 heterocycles. The zero-order chi connectivity index (χ0) is 42.0. The fourth-order valence-corrected chi connectivity index (χ4v) is 7.62. The molecule has 0 saturated heterocycles. The van der Waals surface area contributed by atoms with Crippen molar-refractivity contribution in [2.24, 2.45) is 11.8 Å². The number of hydrogen-bond donors (Lipinski definition) is 3. The smallest absolute Gasteiger partial charge is 0.329 e. The zero-order valence-electron chi connectivity index (χ0n) is 34.7. The average molecular weight is 799 g/mol. The number of esters is 2. The first-order valence-corrected chi connectivity index (χ1v) is 20.4. The Morgan fingerprint density at radius 2 is 1.59 bits per heavy atom.